The first kappa shape index (κ1) is 27.7. The van der Waals surface area contributed by atoms with Crippen molar-refractivity contribution in [3.8, 4) is 0 Å². The number of anilines is 1. The van der Waals surface area contributed by atoms with Gasteiger partial charge < -0.3 is 26.0 Å². The van der Waals surface area contributed by atoms with Gasteiger partial charge in [0.2, 0.25) is 5.82 Å². The summed E-state index contributed by atoms with van der Waals surface area (Å²) in [6.45, 7) is 1.73. The first-order chi connectivity index (χ1) is 18.0. The van der Waals surface area contributed by atoms with E-state index in [-0.39, 0.29) is 33.1 Å². The lowest BCUT2D eigenvalue weighted by Crippen LogP contribution is -2.71. The molecule has 1 unspecified atom stereocenters. The van der Waals surface area contributed by atoms with Crippen LogP contribution in [0.2, 0.25) is 0 Å². The van der Waals surface area contributed by atoms with Crippen LogP contribution in [0.25, 0.3) is 0 Å². The number of nitrogens with one attached hydrogen (secondary N) is 2. The van der Waals surface area contributed by atoms with Crippen LogP contribution in [0.1, 0.15) is 24.9 Å². The number of halogens is 3. The number of alkyl halides is 3. The van der Waals surface area contributed by atoms with Crippen LogP contribution < -0.4 is 11.1 Å². The number of hydrogen-bond acceptors (Lipinski definition) is 12. The van der Waals surface area contributed by atoms with Gasteiger partial charge in [-0.3, -0.25) is 14.5 Å². The number of nitrogen functional groups attached to an aromatic ring is 1. The Bertz CT molecular complexity index is 1330. The number of thiazole rings is 1. The van der Waals surface area contributed by atoms with Crippen LogP contribution in [0.4, 0.5) is 18.3 Å². The summed E-state index contributed by atoms with van der Waals surface area (Å²) < 4.78 is 38.6. The fourth-order valence-corrected chi connectivity index (χ4v) is 6.85. The normalized spacial score (nSPS) is 20.6. The van der Waals surface area contributed by atoms with Crippen LogP contribution in [0.5, 0.6) is 0 Å². The van der Waals surface area contributed by atoms with E-state index in [1.807, 2.05) is 0 Å². The first-order valence-electron chi connectivity index (χ1n) is 10.7. The van der Waals surface area contributed by atoms with Crippen LogP contribution in [0.3, 0.4) is 0 Å². The highest BCUT2D eigenvalue weighted by Crippen LogP contribution is 2.44. The van der Waals surface area contributed by atoms with E-state index in [0.29, 0.717) is 12.0 Å². The molecule has 0 aromatic carbocycles. The average molecular weight is 593 g/mol. The van der Waals surface area contributed by atoms with Gasteiger partial charge in [0, 0.05) is 16.4 Å². The van der Waals surface area contributed by atoms with E-state index in [4.69, 9.17) is 10.6 Å². The summed E-state index contributed by atoms with van der Waals surface area (Å²) >= 11 is 3.17. The molecule has 2 amide bonds. The molecule has 1 fully saturated rings. The number of aliphatic carboxylic acids is 1. The highest BCUT2D eigenvalue weighted by molar-refractivity contribution is 8.01. The molecule has 204 valence electrons. The van der Waals surface area contributed by atoms with Crippen LogP contribution in [0.15, 0.2) is 27.0 Å². The number of rotatable bonds is 9. The zero-order valence-corrected chi connectivity index (χ0v) is 21.9. The number of oxime groups is 1. The minimum Gasteiger partial charge on any atom is -0.477 e. The van der Waals surface area contributed by atoms with Crippen molar-refractivity contribution in [1.29, 1.82) is 0 Å². The third-order valence-electron chi connectivity index (χ3n) is 5.40. The third-order valence-corrected chi connectivity index (χ3v) is 8.68. The minimum absolute atomic E-state index is 0.138. The number of H-pyrrole nitrogens is 1. The Hall–Kier alpha value is -3.32. The molecule has 0 aliphatic carbocycles. The Kier molecular flexibility index (Phi) is 7.88. The molecule has 0 radical (unpaired) electrons. The number of amides is 2. The maximum absolute atomic E-state index is 13.0. The maximum Gasteiger partial charge on any atom is 0.451 e. The van der Waals surface area contributed by atoms with Crippen molar-refractivity contribution < 1.29 is 37.5 Å². The van der Waals surface area contributed by atoms with Crippen molar-refractivity contribution in [2.45, 2.75) is 41.3 Å². The van der Waals surface area contributed by atoms with E-state index in [0.717, 1.165) is 28.0 Å². The molecule has 19 heteroatoms. The number of aromatic amines is 1. The number of carboxylic acid groups (broad SMARTS) is 1. The highest BCUT2D eigenvalue weighted by atomic mass is 32.2. The number of carbonyl (C=O) groups excluding carboxylic acids is 2. The smallest absolute Gasteiger partial charge is 0.451 e. The summed E-state index contributed by atoms with van der Waals surface area (Å²) in [4.78, 5) is 50.0. The van der Waals surface area contributed by atoms with E-state index in [1.54, 1.807) is 6.92 Å². The van der Waals surface area contributed by atoms with Crippen molar-refractivity contribution in [2.75, 3.05) is 18.6 Å². The monoisotopic (exact) mass is 592 g/mol. The minimum atomic E-state index is -4.71. The van der Waals surface area contributed by atoms with Gasteiger partial charge in [-0.1, -0.05) is 23.8 Å². The Morgan fingerprint density at radius 1 is 1.45 bits per heavy atom. The Morgan fingerprint density at radius 2 is 2.18 bits per heavy atom. The van der Waals surface area contributed by atoms with Crippen LogP contribution in [0, 0.1) is 0 Å². The molecule has 0 spiro atoms. The second-order valence-corrected chi connectivity index (χ2v) is 10.9. The number of carbonyl (C=O) groups is 3. The van der Waals surface area contributed by atoms with Crippen molar-refractivity contribution in [2.24, 2.45) is 5.16 Å². The van der Waals surface area contributed by atoms with Crippen molar-refractivity contribution in [1.82, 2.24) is 30.4 Å². The average Bonchev–Trinajstić information content (AvgIpc) is 3.52. The second-order valence-electron chi connectivity index (χ2n) is 7.72. The highest BCUT2D eigenvalue weighted by Gasteiger charge is 2.55. The number of nitrogens with two attached hydrogens (primary N) is 1. The fourth-order valence-electron chi connectivity index (χ4n) is 3.75. The van der Waals surface area contributed by atoms with Gasteiger partial charge in [-0.05, 0) is 12.0 Å². The summed E-state index contributed by atoms with van der Waals surface area (Å²) in [7, 11) is 1.23. The van der Waals surface area contributed by atoms with Gasteiger partial charge >= 0.3 is 12.1 Å². The maximum atomic E-state index is 13.0. The number of fused-ring (bicyclic) bond motifs is 1. The van der Waals surface area contributed by atoms with E-state index in [9.17, 15) is 32.7 Å². The third kappa shape index (κ3) is 5.30. The number of nitrogens with zero attached hydrogens (tertiary/aromatic N) is 5. The molecule has 5 N–H and O–H groups in total. The van der Waals surface area contributed by atoms with Gasteiger partial charge in [-0.15, -0.1) is 33.3 Å². The quantitative estimate of drug-likeness (QED) is 0.143. The standard InChI is InChI=1S/C19H19F3N8O5S3/c1-3-8(38-18-26-16(27-28-18)19(20,21)22)6-4-36-14-10(13(32)30(14)11(6)15(33)34)25-12(31)9(29-35-2)7-5-37-17(23)24-7/h5,8,10,14H,3-4H2,1-2H3,(H2,23,24)(H,25,31)(H,33,34)(H,26,27,28)/t8?,10-,14+/m1/s1. The van der Waals surface area contributed by atoms with Gasteiger partial charge in [0.25, 0.3) is 11.8 Å². The zero-order chi connectivity index (χ0) is 27.8. The molecule has 2 aliphatic rings. The number of hydrogen-bond donors (Lipinski definition) is 4. The van der Waals surface area contributed by atoms with E-state index in [1.165, 1.54) is 24.3 Å². The second kappa shape index (κ2) is 10.8. The number of β-lactam (4-membered cyclic amide) rings is 1. The van der Waals surface area contributed by atoms with E-state index < -0.39 is 46.5 Å². The van der Waals surface area contributed by atoms with Gasteiger partial charge in [0.15, 0.2) is 16.0 Å². The molecule has 4 rings (SSSR count). The lowest BCUT2D eigenvalue weighted by atomic mass is 10.0. The fraction of sp³-hybridized carbons (Fsp3) is 0.421. The van der Waals surface area contributed by atoms with Gasteiger partial charge in [-0.25, -0.2) is 9.78 Å². The molecule has 1 saturated heterocycles. The molecule has 13 nitrogen and oxygen atoms in total. The SMILES string of the molecule is CCC(Sc1nnc(C(F)(F)F)[nH]1)C1=C(C(=O)O)N2C(=O)[C@@H](NC(=O)C(=NOC)c3csc(N)n3)[C@@H]2SC1. The molecular formula is C19H19F3N8O5S3. The summed E-state index contributed by atoms with van der Waals surface area (Å²) in [5, 5.41) is 23.0. The molecule has 4 heterocycles. The van der Waals surface area contributed by atoms with Gasteiger partial charge in [0.1, 0.15) is 29.9 Å². The van der Waals surface area contributed by atoms with Crippen molar-refractivity contribution in [3.05, 3.63) is 28.2 Å². The van der Waals surface area contributed by atoms with Crippen LogP contribution >= 0.6 is 34.9 Å². The Morgan fingerprint density at radius 3 is 2.74 bits per heavy atom. The predicted molar refractivity (Wildman–Crippen MR) is 131 cm³/mol. The molecule has 38 heavy (non-hydrogen) atoms. The molecule has 3 atom stereocenters. The summed E-state index contributed by atoms with van der Waals surface area (Å²) in [6.07, 6.45) is -4.38. The lowest BCUT2D eigenvalue weighted by Gasteiger charge is -2.50. The lowest BCUT2D eigenvalue weighted by molar-refractivity contribution is -0.150. The summed E-state index contributed by atoms with van der Waals surface area (Å²) in [5.74, 6) is -3.94. The zero-order valence-electron chi connectivity index (χ0n) is 19.5. The molecule has 0 bridgehead atoms. The Labute approximate surface area is 224 Å². The first-order valence-corrected chi connectivity index (χ1v) is 13.5. The predicted octanol–water partition coefficient (Wildman–Crippen LogP) is 1.52. The molecule has 0 saturated carbocycles. The summed E-state index contributed by atoms with van der Waals surface area (Å²) in [6, 6.07) is -1.06. The van der Waals surface area contributed by atoms with E-state index in [2.05, 4.69) is 30.6 Å². The van der Waals surface area contributed by atoms with Gasteiger partial charge in [-0.2, -0.15) is 13.2 Å². The van der Waals surface area contributed by atoms with Crippen LogP contribution in [-0.2, 0) is 25.4 Å². The molecule has 2 aromatic rings. The number of aromatic nitrogens is 4. The summed E-state index contributed by atoms with van der Waals surface area (Å²) in [5.41, 5.74) is 5.61. The van der Waals surface area contributed by atoms with Crippen molar-refractivity contribution in [3.63, 3.8) is 0 Å². The van der Waals surface area contributed by atoms with Crippen LogP contribution in [-0.4, -0.2) is 83.2 Å². The molecular weight excluding hydrogens is 573 g/mol. The van der Waals surface area contributed by atoms with Crippen molar-refractivity contribution >= 4 is 63.5 Å². The molecule has 2 aromatic heterocycles. The van der Waals surface area contributed by atoms with Gasteiger partial charge in [0.05, 0.1) is 0 Å². The number of thioether (sulfide) groups is 2. The number of carboxylic acids is 1. The largest absolute Gasteiger partial charge is 0.477 e. The van der Waals surface area contributed by atoms with E-state index >= 15 is 0 Å². The molecule has 2 aliphatic heterocycles. The topological polar surface area (TPSA) is 189 Å². The Balaban J connectivity index is 1.54.